The maximum Gasteiger partial charge on any atom is 0.200 e. The van der Waals surface area contributed by atoms with Gasteiger partial charge in [0.05, 0.1) is 7.11 Å². The second kappa shape index (κ2) is 6.30. The first-order valence-electron chi connectivity index (χ1n) is 7.89. The summed E-state index contributed by atoms with van der Waals surface area (Å²) < 4.78 is 5.10. The molecular weight excluding hydrogens is 276 g/mol. The second-order valence-corrected chi connectivity index (χ2v) is 6.00. The minimum Gasteiger partial charge on any atom is -0.504 e. The summed E-state index contributed by atoms with van der Waals surface area (Å²) in [5, 5.41) is 19.5. The number of phenols is 2. The van der Waals surface area contributed by atoms with Crippen LogP contribution in [0.5, 0.6) is 17.2 Å². The molecule has 0 saturated heterocycles. The van der Waals surface area contributed by atoms with Gasteiger partial charge in [0.25, 0.3) is 0 Å². The van der Waals surface area contributed by atoms with E-state index in [0.717, 1.165) is 11.1 Å². The zero-order chi connectivity index (χ0) is 15.5. The van der Waals surface area contributed by atoms with E-state index >= 15 is 0 Å². The van der Waals surface area contributed by atoms with E-state index in [1.807, 2.05) is 0 Å². The quantitative estimate of drug-likeness (QED) is 0.799. The first-order valence-corrected chi connectivity index (χ1v) is 7.89. The van der Waals surface area contributed by atoms with Gasteiger partial charge in [-0.05, 0) is 47.6 Å². The predicted octanol–water partition coefficient (Wildman–Crippen LogP) is 4.82. The Hall–Kier alpha value is -2.16. The highest BCUT2D eigenvalue weighted by molar-refractivity contribution is 5.70. The van der Waals surface area contributed by atoms with Crippen LogP contribution in [-0.4, -0.2) is 17.3 Å². The van der Waals surface area contributed by atoms with Gasteiger partial charge in [0, 0.05) is 0 Å². The van der Waals surface area contributed by atoms with E-state index in [0.29, 0.717) is 5.92 Å². The Kier molecular flexibility index (Phi) is 4.23. The zero-order valence-electron chi connectivity index (χ0n) is 12.9. The summed E-state index contributed by atoms with van der Waals surface area (Å²) in [5.41, 5.74) is 3.24. The van der Waals surface area contributed by atoms with Gasteiger partial charge in [-0.2, -0.15) is 0 Å². The van der Waals surface area contributed by atoms with Crippen molar-refractivity contribution in [1.29, 1.82) is 0 Å². The Bertz CT molecular complexity index is 640. The molecule has 0 amide bonds. The second-order valence-electron chi connectivity index (χ2n) is 6.00. The molecule has 1 aliphatic carbocycles. The highest BCUT2D eigenvalue weighted by atomic mass is 16.5. The van der Waals surface area contributed by atoms with Crippen LogP contribution < -0.4 is 4.74 Å². The van der Waals surface area contributed by atoms with Crippen LogP contribution >= 0.6 is 0 Å². The van der Waals surface area contributed by atoms with Crippen molar-refractivity contribution in [3.8, 4) is 28.4 Å². The molecule has 3 nitrogen and oxygen atoms in total. The van der Waals surface area contributed by atoms with Crippen molar-refractivity contribution in [2.75, 3.05) is 7.11 Å². The summed E-state index contributed by atoms with van der Waals surface area (Å²) in [7, 11) is 1.48. The molecule has 0 unspecified atom stereocenters. The lowest BCUT2D eigenvalue weighted by Crippen LogP contribution is -2.04. The summed E-state index contributed by atoms with van der Waals surface area (Å²) in [6, 6.07) is 11.8. The fourth-order valence-electron chi connectivity index (χ4n) is 3.30. The number of hydrogen-bond acceptors (Lipinski definition) is 3. The van der Waals surface area contributed by atoms with Gasteiger partial charge in [0.1, 0.15) is 0 Å². The van der Waals surface area contributed by atoms with Crippen molar-refractivity contribution in [3.63, 3.8) is 0 Å². The van der Waals surface area contributed by atoms with Gasteiger partial charge in [-0.25, -0.2) is 0 Å². The fraction of sp³-hybridized carbons (Fsp3) is 0.368. The summed E-state index contributed by atoms with van der Waals surface area (Å²) >= 11 is 0. The molecule has 2 aromatic rings. The molecule has 2 aromatic carbocycles. The Morgan fingerprint density at radius 2 is 1.59 bits per heavy atom. The molecule has 0 aliphatic heterocycles. The average molecular weight is 298 g/mol. The zero-order valence-corrected chi connectivity index (χ0v) is 12.9. The maximum atomic E-state index is 9.80. The maximum absolute atomic E-state index is 9.80. The van der Waals surface area contributed by atoms with Crippen LogP contribution in [0.1, 0.15) is 43.6 Å². The smallest absolute Gasteiger partial charge is 0.200 e. The van der Waals surface area contributed by atoms with Crippen LogP contribution in [0.3, 0.4) is 0 Å². The number of aromatic hydroxyl groups is 2. The molecule has 0 radical (unpaired) electrons. The minimum atomic E-state index is -0.218. The number of ether oxygens (including phenoxy) is 1. The highest BCUT2D eigenvalue weighted by Gasteiger charge is 2.16. The summed E-state index contributed by atoms with van der Waals surface area (Å²) in [6.45, 7) is 0. The number of hydrogen-bond donors (Lipinski definition) is 2. The van der Waals surface area contributed by atoms with Crippen LogP contribution in [0.25, 0.3) is 11.1 Å². The molecule has 1 saturated carbocycles. The standard InChI is InChI=1S/C19H22O3/c1-22-18-12-16(11-17(20)19(18)21)15-9-7-14(8-10-15)13-5-3-2-4-6-13/h7-13,20-21H,2-6H2,1H3. The van der Waals surface area contributed by atoms with E-state index in [1.54, 1.807) is 12.1 Å². The first kappa shape index (κ1) is 14.8. The van der Waals surface area contributed by atoms with Gasteiger partial charge in [-0.3, -0.25) is 0 Å². The fourth-order valence-corrected chi connectivity index (χ4v) is 3.30. The largest absolute Gasteiger partial charge is 0.504 e. The Balaban J connectivity index is 1.88. The van der Waals surface area contributed by atoms with Gasteiger partial charge in [0.15, 0.2) is 11.5 Å². The summed E-state index contributed by atoms with van der Waals surface area (Å²) in [6.07, 6.45) is 6.59. The van der Waals surface area contributed by atoms with Crippen molar-refractivity contribution in [3.05, 3.63) is 42.0 Å². The molecule has 116 valence electrons. The van der Waals surface area contributed by atoms with Crippen LogP contribution in [0, 0.1) is 0 Å². The molecule has 0 spiro atoms. The Morgan fingerprint density at radius 1 is 0.909 bits per heavy atom. The molecule has 0 bridgehead atoms. The highest BCUT2D eigenvalue weighted by Crippen LogP contribution is 2.40. The van der Waals surface area contributed by atoms with Crippen LogP contribution in [-0.2, 0) is 0 Å². The van der Waals surface area contributed by atoms with Gasteiger partial charge in [-0.15, -0.1) is 0 Å². The van der Waals surface area contributed by atoms with Crippen LogP contribution in [0.15, 0.2) is 36.4 Å². The molecule has 0 aromatic heterocycles. The van der Waals surface area contributed by atoms with Crippen molar-refractivity contribution in [1.82, 2.24) is 0 Å². The van der Waals surface area contributed by atoms with Gasteiger partial charge in [-0.1, -0.05) is 43.5 Å². The third kappa shape index (κ3) is 2.89. The number of rotatable bonds is 3. The predicted molar refractivity (Wildman–Crippen MR) is 87.6 cm³/mol. The van der Waals surface area contributed by atoms with E-state index < -0.39 is 0 Å². The Labute approximate surface area is 131 Å². The number of phenolic OH excluding ortho intramolecular Hbond substituents is 2. The molecular formula is C19H22O3. The molecule has 0 heterocycles. The van der Waals surface area contributed by atoms with Crippen molar-refractivity contribution < 1.29 is 14.9 Å². The molecule has 1 fully saturated rings. The van der Waals surface area contributed by atoms with Crippen LogP contribution in [0.2, 0.25) is 0 Å². The van der Waals surface area contributed by atoms with Crippen molar-refractivity contribution in [2.24, 2.45) is 0 Å². The third-order valence-electron chi connectivity index (χ3n) is 4.60. The lowest BCUT2D eigenvalue weighted by Gasteiger charge is -2.22. The van der Waals surface area contributed by atoms with Crippen LogP contribution in [0.4, 0.5) is 0 Å². The van der Waals surface area contributed by atoms with E-state index in [4.69, 9.17) is 4.74 Å². The van der Waals surface area contributed by atoms with Gasteiger partial charge < -0.3 is 14.9 Å². The van der Waals surface area contributed by atoms with Crippen molar-refractivity contribution >= 4 is 0 Å². The van der Waals surface area contributed by atoms with E-state index in [9.17, 15) is 10.2 Å². The SMILES string of the molecule is COc1cc(-c2ccc(C3CCCCC3)cc2)cc(O)c1O. The summed E-state index contributed by atoms with van der Waals surface area (Å²) in [5.74, 6) is 0.590. The van der Waals surface area contributed by atoms with E-state index in [-0.39, 0.29) is 17.2 Å². The van der Waals surface area contributed by atoms with Gasteiger partial charge in [0.2, 0.25) is 5.75 Å². The molecule has 1 aliphatic rings. The monoisotopic (exact) mass is 298 g/mol. The number of benzene rings is 2. The molecule has 22 heavy (non-hydrogen) atoms. The lowest BCUT2D eigenvalue weighted by atomic mass is 9.84. The average Bonchev–Trinajstić information content (AvgIpc) is 2.58. The van der Waals surface area contributed by atoms with E-state index in [1.165, 1.54) is 44.8 Å². The first-order chi connectivity index (χ1) is 10.7. The topological polar surface area (TPSA) is 49.7 Å². The van der Waals surface area contributed by atoms with E-state index in [2.05, 4.69) is 24.3 Å². The molecule has 0 atom stereocenters. The third-order valence-corrected chi connectivity index (χ3v) is 4.60. The van der Waals surface area contributed by atoms with Crippen molar-refractivity contribution in [2.45, 2.75) is 38.0 Å². The number of methoxy groups -OCH3 is 1. The summed E-state index contributed by atoms with van der Waals surface area (Å²) in [4.78, 5) is 0. The van der Waals surface area contributed by atoms with Gasteiger partial charge >= 0.3 is 0 Å². The minimum absolute atomic E-state index is 0.161. The molecule has 3 rings (SSSR count). The Morgan fingerprint density at radius 3 is 2.23 bits per heavy atom. The normalized spacial score (nSPS) is 15.7. The molecule has 3 heteroatoms. The lowest BCUT2D eigenvalue weighted by molar-refractivity contribution is 0.351. The molecule has 2 N–H and O–H groups in total.